The monoisotopic (exact) mass is 233 g/mol. The van der Waals surface area contributed by atoms with E-state index in [1.54, 1.807) is 0 Å². The van der Waals surface area contributed by atoms with E-state index in [0.717, 1.165) is 17.9 Å². The van der Waals surface area contributed by atoms with Gasteiger partial charge in [-0.15, -0.1) is 0 Å². The fraction of sp³-hybridized carbons (Fsp3) is 0.571. The second kappa shape index (κ2) is 4.57. The molecule has 1 aliphatic carbocycles. The summed E-state index contributed by atoms with van der Waals surface area (Å²) in [6.45, 7) is 0.349. The summed E-state index contributed by atoms with van der Waals surface area (Å²) in [6, 6.07) is 6.61. The van der Waals surface area contributed by atoms with Crippen LogP contribution >= 0.6 is 0 Å². The van der Waals surface area contributed by atoms with Crippen LogP contribution in [-0.2, 0) is 6.42 Å². The van der Waals surface area contributed by atoms with Crippen molar-refractivity contribution >= 4 is 0 Å². The van der Waals surface area contributed by atoms with Gasteiger partial charge in [-0.3, -0.25) is 0 Å². The second-order valence-corrected chi connectivity index (χ2v) is 5.10. The Kier molecular flexibility index (Phi) is 2.93. The highest BCUT2D eigenvalue weighted by Gasteiger charge is 2.22. The number of hydrogen-bond acceptors (Lipinski definition) is 3. The molecule has 1 aromatic rings. The summed E-state index contributed by atoms with van der Waals surface area (Å²) in [7, 11) is 0. The molecule has 2 atom stereocenters. The molecule has 3 heteroatoms. The van der Waals surface area contributed by atoms with Crippen molar-refractivity contribution in [3.63, 3.8) is 0 Å². The van der Waals surface area contributed by atoms with Gasteiger partial charge in [0, 0.05) is 6.04 Å². The third-order valence-electron chi connectivity index (χ3n) is 3.90. The van der Waals surface area contributed by atoms with E-state index in [9.17, 15) is 0 Å². The predicted molar refractivity (Wildman–Crippen MR) is 66.2 cm³/mol. The van der Waals surface area contributed by atoms with Crippen molar-refractivity contribution in [2.45, 2.75) is 38.1 Å². The summed E-state index contributed by atoms with van der Waals surface area (Å²) in [5, 5.41) is 0. The second-order valence-electron chi connectivity index (χ2n) is 5.10. The van der Waals surface area contributed by atoms with Crippen LogP contribution in [0.25, 0.3) is 0 Å². The molecule has 2 N–H and O–H groups in total. The fourth-order valence-corrected chi connectivity index (χ4v) is 2.86. The molecule has 0 saturated heterocycles. The van der Waals surface area contributed by atoms with Crippen molar-refractivity contribution in [1.29, 1.82) is 0 Å². The van der Waals surface area contributed by atoms with Crippen LogP contribution < -0.4 is 15.2 Å². The Morgan fingerprint density at radius 3 is 2.82 bits per heavy atom. The average Bonchev–Trinajstić information content (AvgIpc) is 2.79. The molecule has 0 spiro atoms. The Labute approximate surface area is 102 Å². The molecule has 3 nitrogen and oxygen atoms in total. The van der Waals surface area contributed by atoms with Crippen LogP contribution in [0.1, 0.15) is 31.2 Å². The molecule has 0 unspecified atom stereocenters. The smallest absolute Gasteiger partial charge is 0.231 e. The van der Waals surface area contributed by atoms with Gasteiger partial charge in [0.05, 0.1) is 0 Å². The lowest BCUT2D eigenvalue weighted by molar-refractivity contribution is 0.174. The summed E-state index contributed by atoms with van der Waals surface area (Å²) >= 11 is 0. The molecule has 0 amide bonds. The molecule has 2 aliphatic rings. The number of nitrogens with two attached hydrogens (primary N) is 1. The normalized spacial score (nSPS) is 27.1. The van der Waals surface area contributed by atoms with E-state index < -0.39 is 0 Å². The van der Waals surface area contributed by atoms with Gasteiger partial charge in [-0.2, -0.15) is 0 Å². The topological polar surface area (TPSA) is 44.5 Å². The maximum Gasteiger partial charge on any atom is 0.231 e. The standard InChI is InChI=1S/C14H19NO2/c15-12-4-2-1-3-11(12)7-10-5-6-13-14(8-10)17-9-16-13/h5-6,8,11-12H,1-4,7,9,15H2/t11-,12+/m1/s1. The molecule has 1 saturated carbocycles. The molecule has 17 heavy (non-hydrogen) atoms. The molecule has 1 aliphatic heterocycles. The van der Waals surface area contributed by atoms with Crippen molar-refractivity contribution in [2.75, 3.05) is 6.79 Å². The Morgan fingerprint density at radius 1 is 1.12 bits per heavy atom. The molecular formula is C14H19NO2. The largest absolute Gasteiger partial charge is 0.454 e. The number of benzene rings is 1. The summed E-state index contributed by atoms with van der Waals surface area (Å²) in [5.41, 5.74) is 7.50. The van der Waals surface area contributed by atoms with Crippen LogP contribution in [0.2, 0.25) is 0 Å². The van der Waals surface area contributed by atoms with E-state index in [-0.39, 0.29) is 0 Å². The first kappa shape index (κ1) is 10.9. The van der Waals surface area contributed by atoms with Gasteiger partial charge < -0.3 is 15.2 Å². The zero-order chi connectivity index (χ0) is 11.7. The minimum atomic E-state index is 0.349. The molecule has 92 valence electrons. The van der Waals surface area contributed by atoms with Crippen molar-refractivity contribution in [3.05, 3.63) is 23.8 Å². The minimum Gasteiger partial charge on any atom is -0.454 e. The first-order valence-corrected chi connectivity index (χ1v) is 6.47. The highest BCUT2D eigenvalue weighted by Crippen LogP contribution is 2.34. The van der Waals surface area contributed by atoms with E-state index in [1.165, 1.54) is 31.2 Å². The highest BCUT2D eigenvalue weighted by atomic mass is 16.7. The maximum absolute atomic E-state index is 6.18. The number of rotatable bonds is 2. The van der Waals surface area contributed by atoms with Gasteiger partial charge in [0.15, 0.2) is 11.5 Å². The molecule has 1 aromatic carbocycles. The summed E-state index contributed by atoms with van der Waals surface area (Å²) < 4.78 is 10.7. The first-order valence-electron chi connectivity index (χ1n) is 6.47. The molecule has 1 heterocycles. The fourth-order valence-electron chi connectivity index (χ4n) is 2.86. The third kappa shape index (κ3) is 2.25. The summed E-state index contributed by atoms with van der Waals surface area (Å²) in [4.78, 5) is 0. The Hall–Kier alpha value is -1.22. The van der Waals surface area contributed by atoms with E-state index >= 15 is 0 Å². The van der Waals surface area contributed by atoms with E-state index in [0.29, 0.717) is 18.8 Å². The van der Waals surface area contributed by atoms with E-state index in [2.05, 4.69) is 12.1 Å². The van der Waals surface area contributed by atoms with E-state index in [4.69, 9.17) is 15.2 Å². The Bertz CT molecular complexity index is 405. The summed E-state index contributed by atoms with van der Waals surface area (Å²) in [5.74, 6) is 2.37. The quantitative estimate of drug-likeness (QED) is 0.853. The molecule has 1 fully saturated rings. The highest BCUT2D eigenvalue weighted by molar-refractivity contribution is 5.44. The lowest BCUT2D eigenvalue weighted by Crippen LogP contribution is -2.34. The van der Waals surface area contributed by atoms with Crippen molar-refractivity contribution in [2.24, 2.45) is 11.7 Å². The number of hydrogen-bond donors (Lipinski definition) is 1. The van der Waals surface area contributed by atoms with Crippen LogP contribution in [0.3, 0.4) is 0 Å². The van der Waals surface area contributed by atoms with Gasteiger partial charge in [-0.1, -0.05) is 18.9 Å². The Morgan fingerprint density at radius 2 is 1.94 bits per heavy atom. The number of fused-ring (bicyclic) bond motifs is 1. The Balaban J connectivity index is 1.72. The van der Waals surface area contributed by atoms with Gasteiger partial charge in [0.2, 0.25) is 6.79 Å². The zero-order valence-corrected chi connectivity index (χ0v) is 10.0. The zero-order valence-electron chi connectivity index (χ0n) is 10.0. The molecular weight excluding hydrogens is 214 g/mol. The van der Waals surface area contributed by atoms with Gasteiger partial charge in [-0.25, -0.2) is 0 Å². The average molecular weight is 233 g/mol. The minimum absolute atomic E-state index is 0.349. The van der Waals surface area contributed by atoms with Crippen LogP contribution in [0.4, 0.5) is 0 Å². The van der Waals surface area contributed by atoms with Crippen LogP contribution in [-0.4, -0.2) is 12.8 Å². The van der Waals surface area contributed by atoms with Crippen LogP contribution in [0.5, 0.6) is 11.5 Å². The molecule has 0 radical (unpaired) electrons. The van der Waals surface area contributed by atoms with Gasteiger partial charge in [0.25, 0.3) is 0 Å². The molecule has 0 aromatic heterocycles. The molecule has 3 rings (SSSR count). The van der Waals surface area contributed by atoms with Crippen molar-refractivity contribution < 1.29 is 9.47 Å². The van der Waals surface area contributed by atoms with Gasteiger partial charge in [-0.05, 0) is 42.9 Å². The lowest BCUT2D eigenvalue weighted by Gasteiger charge is -2.28. The maximum atomic E-state index is 6.18. The van der Waals surface area contributed by atoms with Gasteiger partial charge in [0.1, 0.15) is 0 Å². The van der Waals surface area contributed by atoms with Crippen molar-refractivity contribution in [3.8, 4) is 11.5 Å². The predicted octanol–water partition coefficient (Wildman–Crippen LogP) is 2.48. The van der Waals surface area contributed by atoms with Crippen molar-refractivity contribution in [1.82, 2.24) is 0 Å². The van der Waals surface area contributed by atoms with E-state index in [1.807, 2.05) is 6.07 Å². The van der Waals surface area contributed by atoms with Crippen LogP contribution in [0.15, 0.2) is 18.2 Å². The lowest BCUT2D eigenvalue weighted by atomic mass is 9.81. The molecule has 0 bridgehead atoms. The third-order valence-corrected chi connectivity index (χ3v) is 3.90. The van der Waals surface area contributed by atoms with Gasteiger partial charge >= 0.3 is 0 Å². The summed E-state index contributed by atoms with van der Waals surface area (Å²) in [6.07, 6.45) is 6.12. The van der Waals surface area contributed by atoms with Crippen LogP contribution in [0, 0.1) is 5.92 Å². The first-order chi connectivity index (χ1) is 8.33. The number of ether oxygens (including phenoxy) is 2. The SMILES string of the molecule is N[C@H]1CCCC[C@@H]1Cc1ccc2c(c1)OCO2.